The summed E-state index contributed by atoms with van der Waals surface area (Å²) in [5.41, 5.74) is 4.91. The summed E-state index contributed by atoms with van der Waals surface area (Å²) < 4.78 is 0. The van der Waals surface area contributed by atoms with Crippen molar-refractivity contribution in [3.63, 3.8) is 0 Å². The number of rotatable bonds is 1. The molecule has 0 aliphatic rings. The van der Waals surface area contributed by atoms with Crippen LogP contribution in [0.4, 0.5) is 0 Å². The predicted octanol–water partition coefficient (Wildman–Crippen LogP) is 2.97. The maximum Gasteiger partial charge on any atom is 0.150 e. The second-order valence-corrected chi connectivity index (χ2v) is 3.87. The molecule has 0 radical (unpaired) electrons. The lowest BCUT2D eigenvalue weighted by Gasteiger charge is -2.07. The minimum Gasteiger partial charge on any atom is -0.298 e. The highest BCUT2D eigenvalue weighted by atomic mass is 16.1. The van der Waals surface area contributed by atoms with Gasteiger partial charge in [0.05, 0.1) is 5.52 Å². The fourth-order valence-electron chi connectivity index (χ4n) is 1.79. The minimum atomic E-state index is 0.723. The van der Waals surface area contributed by atoms with Crippen molar-refractivity contribution in [2.75, 3.05) is 0 Å². The lowest BCUT2D eigenvalue weighted by molar-refractivity contribution is 0.112. The van der Waals surface area contributed by atoms with Gasteiger partial charge in [-0.15, -0.1) is 0 Å². The number of nitrogens with zero attached hydrogens (tertiary/aromatic N) is 1. The van der Waals surface area contributed by atoms with Crippen molar-refractivity contribution in [3.8, 4) is 0 Å². The van der Waals surface area contributed by atoms with Crippen molar-refractivity contribution < 1.29 is 4.79 Å². The Balaban J connectivity index is 2.95. The van der Waals surface area contributed by atoms with E-state index in [4.69, 9.17) is 0 Å². The molecule has 0 bridgehead atoms. The van der Waals surface area contributed by atoms with Gasteiger partial charge in [0.2, 0.25) is 0 Å². The second kappa shape index (κ2) is 3.46. The van der Waals surface area contributed by atoms with Crippen LogP contribution in [0.5, 0.6) is 0 Å². The van der Waals surface area contributed by atoms with E-state index in [-0.39, 0.29) is 0 Å². The largest absolute Gasteiger partial charge is 0.298 e. The molecule has 2 heteroatoms. The minimum absolute atomic E-state index is 0.723. The van der Waals surface area contributed by atoms with Crippen LogP contribution in [0.25, 0.3) is 10.9 Å². The Morgan fingerprint density at radius 2 is 1.93 bits per heavy atom. The Kier molecular flexibility index (Phi) is 2.27. The van der Waals surface area contributed by atoms with Crippen LogP contribution in [-0.4, -0.2) is 11.3 Å². The first-order chi connectivity index (χ1) is 7.13. The molecule has 15 heavy (non-hydrogen) atoms. The Hall–Kier alpha value is -1.70. The van der Waals surface area contributed by atoms with Crippen LogP contribution in [0.1, 0.15) is 27.2 Å². The average Bonchev–Trinajstić information content (AvgIpc) is 2.23. The first kappa shape index (κ1) is 9.84. The quantitative estimate of drug-likeness (QED) is 0.661. The summed E-state index contributed by atoms with van der Waals surface area (Å²) in [6, 6.07) is 5.82. The van der Waals surface area contributed by atoms with Crippen molar-refractivity contribution in [2.45, 2.75) is 20.8 Å². The third-order valence-electron chi connectivity index (χ3n) is 2.79. The van der Waals surface area contributed by atoms with Gasteiger partial charge in [-0.2, -0.15) is 0 Å². The van der Waals surface area contributed by atoms with E-state index in [1.54, 1.807) is 0 Å². The van der Waals surface area contributed by atoms with E-state index in [0.717, 1.165) is 34.0 Å². The maximum absolute atomic E-state index is 10.9. The zero-order valence-corrected chi connectivity index (χ0v) is 9.16. The van der Waals surface area contributed by atoms with Crippen LogP contribution in [0.3, 0.4) is 0 Å². The Bertz CT molecular complexity index is 544. The van der Waals surface area contributed by atoms with Gasteiger partial charge in [0, 0.05) is 16.6 Å². The van der Waals surface area contributed by atoms with Crippen LogP contribution in [-0.2, 0) is 0 Å². The molecule has 0 aliphatic heterocycles. The molecule has 0 N–H and O–H groups in total. The Morgan fingerprint density at radius 3 is 2.60 bits per heavy atom. The third kappa shape index (κ3) is 1.52. The topological polar surface area (TPSA) is 30.0 Å². The molecule has 1 heterocycles. The van der Waals surface area contributed by atoms with Gasteiger partial charge >= 0.3 is 0 Å². The molecule has 0 atom stereocenters. The third-order valence-corrected chi connectivity index (χ3v) is 2.79. The highest BCUT2D eigenvalue weighted by molar-refractivity contribution is 5.98. The van der Waals surface area contributed by atoms with E-state index in [1.807, 2.05) is 32.0 Å². The SMILES string of the molecule is Cc1cc(C=O)c2ccc(C)c(C)c2n1. The van der Waals surface area contributed by atoms with Crippen LogP contribution < -0.4 is 0 Å². The number of hydrogen-bond acceptors (Lipinski definition) is 2. The van der Waals surface area contributed by atoms with E-state index in [2.05, 4.69) is 11.9 Å². The molecular weight excluding hydrogens is 186 g/mol. The lowest BCUT2D eigenvalue weighted by atomic mass is 10.0. The summed E-state index contributed by atoms with van der Waals surface area (Å²) in [4.78, 5) is 15.4. The van der Waals surface area contributed by atoms with Crippen LogP contribution in [0.2, 0.25) is 0 Å². The molecule has 0 aliphatic carbocycles. The van der Waals surface area contributed by atoms with E-state index >= 15 is 0 Å². The van der Waals surface area contributed by atoms with E-state index in [1.165, 1.54) is 5.56 Å². The number of pyridine rings is 1. The van der Waals surface area contributed by atoms with E-state index < -0.39 is 0 Å². The lowest BCUT2D eigenvalue weighted by Crippen LogP contribution is -1.94. The summed E-state index contributed by atoms with van der Waals surface area (Å²) in [7, 11) is 0. The maximum atomic E-state index is 10.9. The summed E-state index contributed by atoms with van der Waals surface area (Å²) >= 11 is 0. The molecule has 0 saturated carbocycles. The number of aldehydes is 1. The van der Waals surface area contributed by atoms with Gasteiger partial charge in [0.25, 0.3) is 0 Å². The molecule has 2 rings (SSSR count). The number of carbonyl (C=O) groups is 1. The fraction of sp³-hybridized carbons (Fsp3) is 0.231. The molecule has 1 aromatic carbocycles. The molecule has 0 fully saturated rings. The molecule has 0 unspecified atom stereocenters. The number of benzene rings is 1. The number of aryl methyl sites for hydroxylation is 3. The van der Waals surface area contributed by atoms with Gasteiger partial charge in [-0.05, 0) is 38.0 Å². The molecule has 0 spiro atoms. The second-order valence-electron chi connectivity index (χ2n) is 3.87. The Labute approximate surface area is 89.0 Å². The van der Waals surface area contributed by atoms with Gasteiger partial charge in [-0.1, -0.05) is 12.1 Å². The van der Waals surface area contributed by atoms with Crippen molar-refractivity contribution >= 4 is 17.2 Å². The summed E-state index contributed by atoms with van der Waals surface area (Å²) in [5, 5.41) is 0.943. The zero-order chi connectivity index (χ0) is 11.0. The van der Waals surface area contributed by atoms with Crippen molar-refractivity contribution in [1.82, 2.24) is 4.98 Å². The van der Waals surface area contributed by atoms with Crippen LogP contribution in [0, 0.1) is 20.8 Å². The highest BCUT2D eigenvalue weighted by Crippen LogP contribution is 2.22. The first-order valence-corrected chi connectivity index (χ1v) is 4.96. The van der Waals surface area contributed by atoms with Gasteiger partial charge in [0.1, 0.15) is 0 Å². The van der Waals surface area contributed by atoms with Crippen LogP contribution in [0.15, 0.2) is 18.2 Å². The van der Waals surface area contributed by atoms with Gasteiger partial charge in [-0.3, -0.25) is 9.78 Å². The monoisotopic (exact) mass is 199 g/mol. The molecular formula is C13H13NO. The molecule has 0 saturated heterocycles. The van der Waals surface area contributed by atoms with Gasteiger partial charge < -0.3 is 0 Å². The summed E-state index contributed by atoms with van der Waals surface area (Å²) in [6.45, 7) is 6.01. The average molecular weight is 199 g/mol. The predicted molar refractivity (Wildman–Crippen MR) is 61.3 cm³/mol. The van der Waals surface area contributed by atoms with Crippen molar-refractivity contribution in [3.05, 3.63) is 40.6 Å². The highest BCUT2D eigenvalue weighted by Gasteiger charge is 2.06. The number of hydrogen-bond donors (Lipinski definition) is 0. The number of aromatic nitrogens is 1. The van der Waals surface area contributed by atoms with E-state index in [0.29, 0.717) is 0 Å². The normalized spacial score (nSPS) is 10.6. The summed E-state index contributed by atoms with van der Waals surface area (Å²) in [6.07, 6.45) is 0.895. The first-order valence-electron chi connectivity index (χ1n) is 4.96. The molecule has 1 aromatic heterocycles. The van der Waals surface area contributed by atoms with Crippen molar-refractivity contribution in [1.29, 1.82) is 0 Å². The molecule has 2 nitrogen and oxygen atoms in total. The molecule has 0 amide bonds. The summed E-state index contributed by atoms with van der Waals surface area (Å²) in [5.74, 6) is 0. The van der Waals surface area contributed by atoms with Gasteiger partial charge in [0.15, 0.2) is 6.29 Å². The fourth-order valence-corrected chi connectivity index (χ4v) is 1.79. The Morgan fingerprint density at radius 1 is 1.20 bits per heavy atom. The number of fused-ring (bicyclic) bond motifs is 1. The van der Waals surface area contributed by atoms with Crippen LogP contribution >= 0.6 is 0 Å². The zero-order valence-electron chi connectivity index (χ0n) is 9.16. The standard InChI is InChI=1S/C13H13NO/c1-8-4-5-12-11(7-15)6-9(2)14-13(12)10(8)3/h4-7H,1-3H3. The van der Waals surface area contributed by atoms with Gasteiger partial charge in [-0.25, -0.2) is 0 Å². The van der Waals surface area contributed by atoms with E-state index in [9.17, 15) is 4.79 Å². The molecule has 76 valence electrons. The smallest absolute Gasteiger partial charge is 0.150 e. The van der Waals surface area contributed by atoms with Crippen molar-refractivity contribution in [2.24, 2.45) is 0 Å². The molecule has 2 aromatic rings. The number of carbonyl (C=O) groups excluding carboxylic acids is 1.